The minimum Gasteiger partial charge on any atom is -0.394 e. The molecular weight excluding hydrogens is 326 g/mol. The number of rotatable bonds is 5. The minimum atomic E-state index is 0.135. The first-order valence-corrected chi connectivity index (χ1v) is 8.18. The van der Waals surface area contributed by atoms with Crippen LogP contribution < -0.4 is 5.32 Å². The highest BCUT2D eigenvalue weighted by molar-refractivity contribution is 9.10. The second kappa shape index (κ2) is 7.51. The third-order valence-electron chi connectivity index (χ3n) is 3.85. The molecule has 1 aliphatic carbocycles. The fourth-order valence-electron chi connectivity index (χ4n) is 2.83. The molecule has 1 saturated carbocycles. The Morgan fingerprint density at radius 2 is 2.05 bits per heavy atom. The molecule has 2 nitrogen and oxygen atoms in total. The zero-order valence-electron chi connectivity index (χ0n) is 11.0. The van der Waals surface area contributed by atoms with Gasteiger partial charge in [0.25, 0.3) is 0 Å². The Kier molecular flexibility index (Phi) is 5.99. The Hall–Kier alpha value is -0.250. The van der Waals surface area contributed by atoms with Crippen LogP contribution in [0.15, 0.2) is 22.7 Å². The van der Waals surface area contributed by atoms with Gasteiger partial charge >= 0.3 is 0 Å². The van der Waals surface area contributed by atoms with Gasteiger partial charge in [0.05, 0.1) is 11.6 Å². The van der Waals surface area contributed by atoms with Crippen molar-refractivity contribution >= 4 is 33.2 Å². The molecule has 0 bridgehead atoms. The molecule has 4 heteroatoms. The summed E-state index contributed by atoms with van der Waals surface area (Å²) in [5.41, 5.74) is 1.01. The Morgan fingerprint density at radius 1 is 1.32 bits per heavy atom. The minimum absolute atomic E-state index is 0.135. The molecule has 106 valence electrons. The summed E-state index contributed by atoms with van der Waals surface area (Å²) >= 11 is 9.40. The number of aliphatic hydroxyl groups excluding tert-OH is 1. The Labute approximate surface area is 128 Å². The van der Waals surface area contributed by atoms with Gasteiger partial charge in [-0.15, -0.1) is 0 Å². The van der Waals surface area contributed by atoms with Crippen LogP contribution in [0, 0.1) is 5.92 Å². The van der Waals surface area contributed by atoms with E-state index in [1.54, 1.807) is 0 Å². The maximum Gasteiger partial charge on any atom is 0.0632 e. The smallest absolute Gasteiger partial charge is 0.0632 e. The summed E-state index contributed by atoms with van der Waals surface area (Å²) in [4.78, 5) is 0. The van der Waals surface area contributed by atoms with E-state index in [4.69, 9.17) is 11.6 Å². The summed E-state index contributed by atoms with van der Waals surface area (Å²) in [5, 5.41) is 13.7. The van der Waals surface area contributed by atoms with Crippen LogP contribution in [-0.4, -0.2) is 17.8 Å². The summed E-state index contributed by atoms with van der Waals surface area (Å²) in [5.74, 6) is 0.758. The Balaban J connectivity index is 1.92. The lowest BCUT2D eigenvalue weighted by Crippen LogP contribution is -2.27. The Bertz CT molecular complexity index is 407. The van der Waals surface area contributed by atoms with Crippen molar-refractivity contribution in [2.75, 3.05) is 11.9 Å². The van der Waals surface area contributed by atoms with Gasteiger partial charge in [-0.3, -0.25) is 0 Å². The number of halogens is 2. The SMILES string of the molecule is OCC(CC1CCCCC1)Nc1ccc(Cl)c(Br)c1. The topological polar surface area (TPSA) is 32.3 Å². The van der Waals surface area contributed by atoms with E-state index in [9.17, 15) is 5.11 Å². The van der Waals surface area contributed by atoms with Gasteiger partial charge in [-0.25, -0.2) is 0 Å². The molecule has 2 N–H and O–H groups in total. The van der Waals surface area contributed by atoms with Crippen molar-refractivity contribution in [1.82, 2.24) is 0 Å². The molecule has 1 fully saturated rings. The molecule has 0 saturated heterocycles. The van der Waals surface area contributed by atoms with Crippen molar-refractivity contribution in [3.8, 4) is 0 Å². The molecule has 1 aromatic carbocycles. The highest BCUT2D eigenvalue weighted by Gasteiger charge is 2.18. The molecule has 1 atom stereocenters. The lowest BCUT2D eigenvalue weighted by atomic mass is 9.85. The largest absolute Gasteiger partial charge is 0.394 e. The van der Waals surface area contributed by atoms with Crippen LogP contribution in [-0.2, 0) is 0 Å². The molecular formula is C15H21BrClNO. The van der Waals surface area contributed by atoms with Crippen LogP contribution in [0.4, 0.5) is 5.69 Å². The van der Waals surface area contributed by atoms with Crippen molar-refractivity contribution in [3.63, 3.8) is 0 Å². The first-order valence-electron chi connectivity index (χ1n) is 7.01. The Morgan fingerprint density at radius 3 is 2.68 bits per heavy atom. The fraction of sp³-hybridized carbons (Fsp3) is 0.600. The number of anilines is 1. The van der Waals surface area contributed by atoms with Crippen LogP contribution in [0.2, 0.25) is 5.02 Å². The first kappa shape index (κ1) is 15.1. The zero-order chi connectivity index (χ0) is 13.7. The van der Waals surface area contributed by atoms with Crippen LogP contribution >= 0.6 is 27.5 Å². The molecule has 0 aromatic heterocycles. The number of benzene rings is 1. The average molecular weight is 347 g/mol. The standard InChI is InChI=1S/C15H21BrClNO/c16-14-9-12(6-7-15(14)17)18-13(10-19)8-11-4-2-1-3-5-11/h6-7,9,11,13,18-19H,1-5,8,10H2. The summed E-state index contributed by atoms with van der Waals surface area (Å²) in [6, 6.07) is 5.92. The van der Waals surface area contributed by atoms with Gasteiger partial charge in [0.1, 0.15) is 0 Å². The van der Waals surface area contributed by atoms with Crippen LogP contribution in [0.25, 0.3) is 0 Å². The van der Waals surface area contributed by atoms with E-state index < -0.39 is 0 Å². The molecule has 2 rings (SSSR count). The molecule has 0 amide bonds. The van der Waals surface area contributed by atoms with Crippen molar-refractivity contribution in [2.45, 2.75) is 44.6 Å². The predicted molar refractivity (Wildman–Crippen MR) is 84.8 cm³/mol. The van der Waals surface area contributed by atoms with Crippen molar-refractivity contribution in [1.29, 1.82) is 0 Å². The molecule has 19 heavy (non-hydrogen) atoms. The van der Waals surface area contributed by atoms with Gasteiger partial charge in [0.15, 0.2) is 0 Å². The first-order chi connectivity index (χ1) is 9.19. The predicted octanol–water partition coefficient (Wildman–Crippen LogP) is 4.85. The molecule has 1 aromatic rings. The monoisotopic (exact) mass is 345 g/mol. The van der Waals surface area contributed by atoms with Gasteiger partial charge in [-0.2, -0.15) is 0 Å². The molecule has 1 aliphatic rings. The third-order valence-corrected chi connectivity index (χ3v) is 5.07. The fourth-order valence-corrected chi connectivity index (χ4v) is 3.32. The quantitative estimate of drug-likeness (QED) is 0.799. The molecule has 0 spiro atoms. The van der Waals surface area contributed by atoms with E-state index in [-0.39, 0.29) is 12.6 Å². The zero-order valence-corrected chi connectivity index (χ0v) is 13.4. The summed E-state index contributed by atoms with van der Waals surface area (Å²) < 4.78 is 0.883. The highest BCUT2D eigenvalue weighted by atomic mass is 79.9. The van der Waals surface area contributed by atoms with Crippen LogP contribution in [0.1, 0.15) is 38.5 Å². The molecule has 1 unspecified atom stereocenters. The number of nitrogens with one attached hydrogen (secondary N) is 1. The second-order valence-corrected chi connectivity index (χ2v) is 6.65. The van der Waals surface area contributed by atoms with Crippen molar-refractivity contribution < 1.29 is 5.11 Å². The van der Waals surface area contributed by atoms with E-state index >= 15 is 0 Å². The number of aliphatic hydroxyl groups is 1. The van der Waals surface area contributed by atoms with E-state index in [1.165, 1.54) is 32.1 Å². The third kappa shape index (κ3) is 4.66. The normalized spacial score (nSPS) is 18.3. The van der Waals surface area contributed by atoms with Gasteiger partial charge in [-0.05, 0) is 46.5 Å². The second-order valence-electron chi connectivity index (χ2n) is 5.39. The number of hydrogen-bond donors (Lipinski definition) is 2. The summed E-state index contributed by atoms with van der Waals surface area (Å²) in [7, 11) is 0. The van der Waals surface area contributed by atoms with E-state index in [0.717, 1.165) is 22.5 Å². The molecule has 0 heterocycles. The van der Waals surface area contributed by atoms with Crippen LogP contribution in [0.3, 0.4) is 0 Å². The van der Waals surface area contributed by atoms with Gasteiger partial charge in [0, 0.05) is 16.2 Å². The van der Waals surface area contributed by atoms with E-state index in [0.29, 0.717) is 5.02 Å². The van der Waals surface area contributed by atoms with Gasteiger partial charge in [0.2, 0.25) is 0 Å². The lowest BCUT2D eigenvalue weighted by molar-refractivity contribution is 0.237. The molecule has 0 radical (unpaired) electrons. The average Bonchev–Trinajstić information content (AvgIpc) is 2.43. The van der Waals surface area contributed by atoms with Gasteiger partial charge < -0.3 is 10.4 Å². The van der Waals surface area contributed by atoms with Crippen molar-refractivity contribution in [3.05, 3.63) is 27.7 Å². The highest BCUT2D eigenvalue weighted by Crippen LogP contribution is 2.29. The summed E-state index contributed by atoms with van der Waals surface area (Å²) in [6.45, 7) is 0.177. The van der Waals surface area contributed by atoms with Crippen molar-refractivity contribution in [2.24, 2.45) is 5.92 Å². The lowest BCUT2D eigenvalue weighted by Gasteiger charge is -2.26. The van der Waals surface area contributed by atoms with E-state index in [1.807, 2.05) is 18.2 Å². The maximum absolute atomic E-state index is 9.54. The maximum atomic E-state index is 9.54. The van der Waals surface area contributed by atoms with Crippen LogP contribution in [0.5, 0.6) is 0 Å². The molecule has 0 aliphatic heterocycles. The van der Waals surface area contributed by atoms with E-state index in [2.05, 4.69) is 21.2 Å². The van der Waals surface area contributed by atoms with Gasteiger partial charge in [-0.1, -0.05) is 43.7 Å². The summed E-state index contributed by atoms with van der Waals surface area (Å²) in [6.07, 6.45) is 7.73. The number of hydrogen-bond acceptors (Lipinski definition) is 2.